The van der Waals surface area contributed by atoms with Gasteiger partial charge in [-0.25, -0.2) is 4.57 Å². The summed E-state index contributed by atoms with van der Waals surface area (Å²) in [6, 6.07) is 0. The van der Waals surface area contributed by atoms with Gasteiger partial charge in [-0.1, -0.05) is 37.5 Å². The van der Waals surface area contributed by atoms with E-state index in [9.17, 15) is 19.4 Å². The third kappa shape index (κ3) is 22.2. The third-order valence-corrected chi connectivity index (χ3v) is 5.56. The minimum Gasteiger partial charge on any atom is -0.463 e. The maximum atomic E-state index is 11.8. The number of carbonyl (C=O) groups excluding carboxylic acids is 1. The molecule has 0 amide bonds. The average molecular weight is 479 g/mol. The Bertz CT molecular complexity index is 575. The summed E-state index contributed by atoms with van der Waals surface area (Å²) in [5.74, 6) is -0.391. The number of phosphoric ester groups is 1. The molecule has 0 aromatic heterocycles. The second-order valence-electron chi connectivity index (χ2n) is 8.95. The zero-order valence-electron chi connectivity index (χ0n) is 20.2. The van der Waals surface area contributed by atoms with Gasteiger partial charge in [0.05, 0.1) is 27.7 Å². The van der Waals surface area contributed by atoms with Crippen LogP contribution in [0.1, 0.15) is 64.2 Å². The second kappa shape index (κ2) is 18.4. The Balaban J connectivity index is 3.66. The van der Waals surface area contributed by atoms with Crippen LogP contribution in [-0.4, -0.2) is 74.1 Å². The van der Waals surface area contributed by atoms with E-state index < -0.39 is 26.5 Å². The first-order valence-electron chi connectivity index (χ1n) is 11.6. The van der Waals surface area contributed by atoms with Crippen LogP contribution >= 0.6 is 7.82 Å². The molecule has 2 atom stereocenters. The number of phosphoric acid groups is 1. The highest BCUT2D eigenvalue weighted by Crippen LogP contribution is 2.43. The first-order valence-corrected chi connectivity index (χ1v) is 13.1. The number of ether oxygens (including phenoxy) is 1. The SMILES string of the molecule is C=CCCC/C=C/CCCCCCCC(=O)OCC(O)COP(=O)(O)OCC[N+](C)(C)C. The summed E-state index contributed by atoms with van der Waals surface area (Å²) >= 11 is 0. The van der Waals surface area contributed by atoms with Crippen LogP contribution in [0.25, 0.3) is 0 Å². The molecule has 0 aliphatic heterocycles. The standard InChI is InChI=1S/C23H44NO7P/c1-5-6-7-8-9-10-11-12-13-14-15-16-17-23(26)29-20-22(25)21-31-32(27,28)30-19-18-24(2,3)4/h5,9-10,22,25H,1,6-8,11-21H2,2-4H3/p+1/b10-9+. The fourth-order valence-corrected chi connectivity index (χ4v) is 3.38. The smallest absolute Gasteiger partial charge is 0.463 e. The molecule has 0 aliphatic rings. The van der Waals surface area contributed by atoms with Crippen LogP contribution in [0.3, 0.4) is 0 Å². The van der Waals surface area contributed by atoms with Crippen molar-refractivity contribution in [3.8, 4) is 0 Å². The zero-order valence-corrected chi connectivity index (χ0v) is 21.1. The number of unbranched alkanes of at least 4 members (excludes halogenated alkanes) is 7. The Hall–Kier alpha value is -1.02. The molecule has 0 aromatic carbocycles. The lowest BCUT2D eigenvalue weighted by atomic mass is 10.1. The third-order valence-electron chi connectivity index (χ3n) is 4.58. The number of rotatable bonds is 21. The van der Waals surface area contributed by atoms with Crippen molar-refractivity contribution in [2.45, 2.75) is 70.3 Å². The Morgan fingerprint density at radius 1 is 0.969 bits per heavy atom. The van der Waals surface area contributed by atoms with E-state index in [-0.39, 0.29) is 13.2 Å². The van der Waals surface area contributed by atoms with Gasteiger partial charge in [-0.05, 0) is 38.5 Å². The van der Waals surface area contributed by atoms with Crippen molar-refractivity contribution < 1.29 is 37.6 Å². The fraction of sp³-hybridized carbons (Fsp3) is 0.783. The van der Waals surface area contributed by atoms with Gasteiger partial charge in [0.15, 0.2) is 0 Å². The van der Waals surface area contributed by atoms with Crippen molar-refractivity contribution in [1.29, 1.82) is 0 Å². The van der Waals surface area contributed by atoms with Gasteiger partial charge in [-0.15, -0.1) is 6.58 Å². The van der Waals surface area contributed by atoms with Crippen LogP contribution in [0, 0.1) is 0 Å². The van der Waals surface area contributed by atoms with Crippen LogP contribution in [0.4, 0.5) is 0 Å². The minimum absolute atomic E-state index is 0.0508. The molecule has 0 aliphatic carbocycles. The van der Waals surface area contributed by atoms with Crippen molar-refractivity contribution in [3.05, 3.63) is 24.8 Å². The molecule has 9 heteroatoms. The van der Waals surface area contributed by atoms with Gasteiger partial charge >= 0.3 is 13.8 Å². The predicted molar refractivity (Wildman–Crippen MR) is 127 cm³/mol. The number of likely N-dealkylation sites (N-methyl/N-ethyl adjacent to an activating group) is 1. The molecule has 0 aromatic rings. The minimum atomic E-state index is -4.24. The van der Waals surface area contributed by atoms with Gasteiger partial charge in [-0.3, -0.25) is 13.8 Å². The Morgan fingerprint density at radius 3 is 2.25 bits per heavy atom. The number of aliphatic hydroxyl groups is 1. The molecule has 188 valence electrons. The number of esters is 1. The molecule has 0 saturated heterocycles. The largest absolute Gasteiger partial charge is 0.472 e. The van der Waals surface area contributed by atoms with Crippen molar-refractivity contribution >= 4 is 13.8 Å². The Kier molecular flexibility index (Phi) is 17.8. The maximum Gasteiger partial charge on any atom is 0.472 e. The first kappa shape index (κ1) is 31.0. The highest BCUT2D eigenvalue weighted by molar-refractivity contribution is 7.47. The Labute approximate surface area is 194 Å². The number of aliphatic hydroxyl groups excluding tert-OH is 1. The summed E-state index contributed by atoms with van der Waals surface area (Å²) in [5.41, 5.74) is 0. The summed E-state index contributed by atoms with van der Waals surface area (Å²) in [4.78, 5) is 21.3. The van der Waals surface area contributed by atoms with Crippen LogP contribution in [0.2, 0.25) is 0 Å². The molecule has 0 saturated carbocycles. The molecular weight excluding hydrogens is 433 g/mol. The van der Waals surface area contributed by atoms with E-state index >= 15 is 0 Å². The van der Waals surface area contributed by atoms with Crippen LogP contribution in [-0.2, 0) is 23.1 Å². The molecule has 0 rings (SSSR count). The van der Waals surface area contributed by atoms with Crippen molar-refractivity contribution in [1.82, 2.24) is 0 Å². The van der Waals surface area contributed by atoms with Gasteiger partial charge in [-0.2, -0.15) is 0 Å². The summed E-state index contributed by atoms with van der Waals surface area (Å²) < 4.78 is 26.9. The fourth-order valence-electron chi connectivity index (χ4n) is 2.63. The normalized spacial score (nSPS) is 14.9. The quantitative estimate of drug-likeness (QED) is 0.0830. The molecule has 0 spiro atoms. The molecule has 0 bridgehead atoms. The van der Waals surface area contributed by atoms with Crippen LogP contribution in [0.15, 0.2) is 24.8 Å². The molecule has 8 nitrogen and oxygen atoms in total. The van der Waals surface area contributed by atoms with Crippen molar-refractivity contribution in [2.24, 2.45) is 0 Å². The molecular formula is C23H45NO7P+. The predicted octanol–water partition coefficient (Wildman–Crippen LogP) is 4.37. The second-order valence-corrected chi connectivity index (χ2v) is 10.4. The number of nitrogens with zero attached hydrogens (tertiary/aromatic N) is 1. The summed E-state index contributed by atoms with van der Waals surface area (Å²) in [5, 5.41) is 9.79. The summed E-state index contributed by atoms with van der Waals surface area (Å²) in [7, 11) is 1.54. The zero-order chi connectivity index (χ0) is 24.3. The highest BCUT2D eigenvalue weighted by atomic mass is 31.2. The van der Waals surface area contributed by atoms with E-state index in [4.69, 9.17) is 13.8 Å². The summed E-state index contributed by atoms with van der Waals surface area (Å²) in [6.45, 7) is 3.56. The average Bonchev–Trinajstić information content (AvgIpc) is 2.70. The van der Waals surface area contributed by atoms with Crippen LogP contribution < -0.4 is 0 Å². The van der Waals surface area contributed by atoms with E-state index in [2.05, 4.69) is 18.7 Å². The van der Waals surface area contributed by atoms with Crippen molar-refractivity contribution in [3.63, 3.8) is 0 Å². The highest BCUT2D eigenvalue weighted by Gasteiger charge is 2.24. The van der Waals surface area contributed by atoms with Gasteiger partial charge in [0.2, 0.25) is 0 Å². The summed E-state index contributed by atoms with van der Waals surface area (Å²) in [6.07, 6.45) is 15.0. The number of quaternary nitrogens is 1. The van der Waals surface area contributed by atoms with Gasteiger partial charge in [0, 0.05) is 6.42 Å². The number of carbonyl (C=O) groups is 1. The van der Waals surface area contributed by atoms with E-state index in [0.717, 1.165) is 57.8 Å². The monoisotopic (exact) mass is 478 g/mol. The lowest BCUT2D eigenvalue weighted by molar-refractivity contribution is -0.870. The van der Waals surface area contributed by atoms with E-state index in [1.165, 1.54) is 0 Å². The van der Waals surface area contributed by atoms with E-state index in [0.29, 0.717) is 17.4 Å². The van der Waals surface area contributed by atoms with Crippen LogP contribution in [0.5, 0.6) is 0 Å². The number of allylic oxidation sites excluding steroid dienone is 3. The Morgan fingerprint density at radius 2 is 1.59 bits per heavy atom. The molecule has 2 unspecified atom stereocenters. The molecule has 0 heterocycles. The van der Waals surface area contributed by atoms with Gasteiger partial charge in [0.1, 0.15) is 25.9 Å². The lowest BCUT2D eigenvalue weighted by Crippen LogP contribution is -2.37. The van der Waals surface area contributed by atoms with E-state index in [1.807, 2.05) is 27.2 Å². The first-order chi connectivity index (χ1) is 15.1. The molecule has 0 fully saturated rings. The number of hydrogen-bond donors (Lipinski definition) is 2. The topological polar surface area (TPSA) is 102 Å². The lowest BCUT2D eigenvalue weighted by Gasteiger charge is -2.24. The molecule has 0 radical (unpaired) electrons. The van der Waals surface area contributed by atoms with E-state index in [1.54, 1.807) is 0 Å². The van der Waals surface area contributed by atoms with Gasteiger partial charge in [0.25, 0.3) is 0 Å². The van der Waals surface area contributed by atoms with Gasteiger partial charge < -0.3 is 19.2 Å². The van der Waals surface area contributed by atoms with Crippen molar-refractivity contribution in [2.75, 3.05) is 47.5 Å². The maximum absolute atomic E-state index is 11.8. The molecule has 2 N–H and O–H groups in total. The molecule has 32 heavy (non-hydrogen) atoms. The number of hydrogen-bond acceptors (Lipinski definition) is 6.